The fraction of sp³-hybridized carbons (Fsp3) is 0.957. The first-order valence-electron chi connectivity index (χ1n) is 23.8. The maximum absolute atomic E-state index is 12.2. The Balaban J connectivity index is 1.02. The van der Waals surface area contributed by atoms with Crippen LogP contribution < -0.4 is 0 Å². The molecule has 64 heavy (non-hydrogen) atoms. The number of allylic oxidation sites excluding steroid dienone is 2. The molecule has 370 valence electrons. The number of hydrogen-bond acceptors (Lipinski definition) is 17. The predicted octanol–water partition coefficient (Wildman–Crippen LogP) is 0.612. The Morgan fingerprint density at radius 1 is 0.688 bits per heavy atom. The van der Waals surface area contributed by atoms with Gasteiger partial charge in [-0.05, 0) is 124 Å². The molecule has 7 fully saturated rings. The van der Waals surface area contributed by atoms with Gasteiger partial charge in [-0.15, -0.1) is 0 Å². The Labute approximate surface area is 377 Å². The zero-order chi connectivity index (χ0) is 47.1. The monoisotopic (exact) mass is 917 g/mol. The summed E-state index contributed by atoms with van der Waals surface area (Å²) in [7, 11) is 0. The lowest BCUT2D eigenvalue weighted by Crippen LogP contribution is -2.67. The average molecular weight is 917 g/mol. The van der Waals surface area contributed by atoms with Crippen LogP contribution in [0.2, 0.25) is 0 Å². The van der Waals surface area contributed by atoms with Gasteiger partial charge in [-0.3, -0.25) is 0 Å². The molecule has 4 saturated carbocycles. The molecule has 7 aliphatic rings. The standard InChI is InChI=1S/C47H80O17/c1-22(2)10-9-14-47(8,58)23-11-16-46(7)31(23)24(49)18-29-44(5)15-13-30(43(3,4)28(44)12-17-45(29,46)6)63-40-37(56)36(55)34(53)27(62-40)21-60-42-39(32(51)25(50)20-59-42)64-41-38(57)35(54)33(52)26(19-48)61-41/h10,23-42,48-58H,9,11-21H2,1-8H3/t23-,24+,25+,26+,27+,28-,29+,30-,31-,32-,33+,34+,35-,36-,37+,38+,39+,40-,41-,42-,44-,45+,46+,47-/m0/s1. The third kappa shape index (κ3) is 8.71. The van der Waals surface area contributed by atoms with E-state index in [9.17, 15) is 56.2 Å². The molecule has 3 saturated heterocycles. The Morgan fingerprint density at radius 3 is 1.94 bits per heavy atom. The number of rotatable bonds is 12. The van der Waals surface area contributed by atoms with Crippen LogP contribution >= 0.6 is 0 Å². The first-order chi connectivity index (χ1) is 29.8. The van der Waals surface area contributed by atoms with Crippen molar-refractivity contribution in [3.05, 3.63) is 11.6 Å². The second kappa shape index (κ2) is 18.8. The number of hydrogen-bond donors (Lipinski definition) is 11. The lowest BCUT2D eigenvalue weighted by atomic mass is 9.35. The summed E-state index contributed by atoms with van der Waals surface area (Å²) >= 11 is 0. The molecular weight excluding hydrogens is 836 g/mol. The minimum Gasteiger partial charge on any atom is -0.394 e. The van der Waals surface area contributed by atoms with E-state index in [0.717, 1.165) is 38.5 Å². The van der Waals surface area contributed by atoms with Gasteiger partial charge in [-0.25, -0.2) is 0 Å². The van der Waals surface area contributed by atoms with Gasteiger partial charge in [0.15, 0.2) is 18.9 Å². The summed E-state index contributed by atoms with van der Waals surface area (Å²) in [4.78, 5) is 0. The predicted molar refractivity (Wildman–Crippen MR) is 228 cm³/mol. The van der Waals surface area contributed by atoms with Crippen LogP contribution in [-0.4, -0.2) is 180 Å². The second-order valence-electron chi connectivity index (χ2n) is 22.5. The van der Waals surface area contributed by atoms with Crippen LogP contribution in [0, 0.1) is 45.3 Å². The van der Waals surface area contributed by atoms with E-state index in [0.29, 0.717) is 19.3 Å². The van der Waals surface area contributed by atoms with Gasteiger partial charge in [0.2, 0.25) is 0 Å². The summed E-state index contributed by atoms with van der Waals surface area (Å²) in [5.41, 5.74) is -0.477. The first kappa shape index (κ1) is 50.9. The summed E-state index contributed by atoms with van der Waals surface area (Å²) in [5.74, 6) is 0.395. The summed E-state index contributed by atoms with van der Waals surface area (Å²) in [6.45, 7) is 16.1. The highest BCUT2D eigenvalue weighted by Gasteiger charge is 2.71. The lowest BCUT2D eigenvalue weighted by Gasteiger charge is -2.70. The van der Waals surface area contributed by atoms with Crippen LogP contribution in [0.25, 0.3) is 0 Å². The first-order valence-corrected chi connectivity index (χ1v) is 23.8. The molecule has 4 aliphatic carbocycles. The fourth-order valence-electron chi connectivity index (χ4n) is 14.4. The van der Waals surface area contributed by atoms with Crippen molar-refractivity contribution in [2.24, 2.45) is 45.3 Å². The molecule has 7 rings (SSSR count). The smallest absolute Gasteiger partial charge is 0.187 e. The zero-order valence-electron chi connectivity index (χ0n) is 39.0. The van der Waals surface area contributed by atoms with E-state index in [-0.39, 0.29) is 39.9 Å². The molecule has 17 heteroatoms. The Hall–Kier alpha value is -0.940. The maximum Gasteiger partial charge on any atom is 0.187 e. The molecule has 0 bridgehead atoms. The van der Waals surface area contributed by atoms with E-state index in [1.165, 1.54) is 5.57 Å². The van der Waals surface area contributed by atoms with Crippen molar-refractivity contribution in [1.82, 2.24) is 0 Å². The highest BCUT2D eigenvalue weighted by molar-refractivity contribution is 5.20. The minimum atomic E-state index is -1.82. The van der Waals surface area contributed by atoms with Gasteiger partial charge in [0, 0.05) is 0 Å². The van der Waals surface area contributed by atoms with Crippen LogP contribution in [0.5, 0.6) is 0 Å². The quantitative estimate of drug-likeness (QED) is 0.0946. The van der Waals surface area contributed by atoms with E-state index in [4.69, 9.17) is 28.4 Å². The minimum absolute atomic E-state index is 0.00544. The fourth-order valence-corrected chi connectivity index (χ4v) is 14.4. The Morgan fingerprint density at radius 2 is 1.30 bits per heavy atom. The lowest BCUT2D eigenvalue weighted by molar-refractivity contribution is -0.365. The average Bonchev–Trinajstić information content (AvgIpc) is 3.62. The van der Waals surface area contributed by atoms with Crippen LogP contribution in [0.4, 0.5) is 0 Å². The van der Waals surface area contributed by atoms with Crippen LogP contribution in [0.1, 0.15) is 113 Å². The van der Waals surface area contributed by atoms with Gasteiger partial charge in [0.1, 0.15) is 67.1 Å². The van der Waals surface area contributed by atoms with Gasteiger partial charge >= 0.3 is 0 Å². The molecule has 17 nitrogen and oxygen atoms in total. The molecule has 0 unspecified atom stereocenters. The van der Waals surface area contributed by atoms with E-state index < -0.39 is 129 Å². The Kier molecular flexibility index (Phi) is 14.9. The number of ether oxygens (including phenoxy) is 6. The van der Waals surface area contributed by atoms with Gasteiger partial charge < -0.3 is 84.6 Å². The van der Waals surface area contributed by atoms with Crippen molar-refractivity contribution in [1.29, 1.82) is 0 Å². The van der Waals surface area contributed by atoms with Crippen LogP contribution in [-0.2, 0) is 28.4 Å². The zero-order valence-corrected chi connectivity index (χ0v) is 39.0. The molecule has 0 spiro atoms. The van der Waals surface area contributed by atoms with Gasteiger partial charge in [0.25, 0.3) is 0 Å². The van der Waals surface area contributed by atoms with Crippen molar-refractivity contribution >= 4 is 0 Å². The molecule has 3 heterocycles. The molecule has 3 aliphatic heterocycles. The van der Waals surface area contributed by atoms with E-state index >= 15 is 0 Å². The molecule has 0 aromatic heterocycles. The van der Waals surface area contributed by atoms with Crippen molar-refractivity contribution in [2.45, 2.75) is 217 Å². The van der Waals surface area contributed by atoms with Crippen molar-refractivity contribution in [2.75, 3.05) is 19.8 Å². The van der Waals surface area contributed by atoms with Gasteiger partial charge in [-0.1, -0.05) is 46.3 Å². The Bertz CT molecular complexity index is 1620. The molecule has 24 atom stereocenters. The second-order valence-corrected chi connectivity index (χ2v) is 22.5. The summed E-state index contributed by atoms with van der Waals surface area (Å²) in [6.07, 6.45) is -13.5. The normalized spacial score (nSPS) is 52.5. The molecule has 0 amide bonds. The molecule has 0 aromatic carbocycles. The van der Waals surface area contributed by atoms with Crippen LogP contribution in [0.3, 0.4) is 0 Å². The summed E-state index contributed by atoms with van der Waals surface area (Å²) < 4.78 is 35.5. The van der Waals surface area contributed by atoms with E-state index in [2.05, 4.69) is 54.5 Å². The van der Waals surface area contributed by atoms with Crippen LogP contribution in [0.15, 0.2) is 11.6 Å². The van der Waals surface area contributed by atoms with Gasteiger partial charge in [0.05, 0.1) is 37.6 Å². The van der Waals surface area contributed by atoms with Crippen molar-refractivity contribution in [3.8, 4) is 0 Å². The van der Waals surface area contributed by atoms with E-state index in [1.807, 2.05) is 6.92 Å². The number of aliphatic hydroxyl groups is 11. The van der Waals surface area contributed by atoms with Crippen molar-refractivity contribution < 1.29 is 84.6 Å². The molecule has 0 aromatic rings. The largest absolute Gasteiger partial charge is 0.394 e. The summed E-state index contributed by atoms with van der Waals surface area (Å²) in [5, 5.41) is 120. The molecule has 11 N–H and O–H groups in total. The molecule has 0 radical (unpaired) electrons. The maximum atomic E-state index is 12.2. The van der Waals surface area contributed by atoms with Crippen molar-refractivity contribution in [3.63, 3.8) is 0 Å². The van der Waals surface area contributed by atoms with Gasteiger partial charge in [-0.2, -0.15) is 0 Å². The third-order valence-corrected chi connectivity index (χ3v) is 18.3. The highest BCUT2D eigenvalue weighted by atomic mass is 16.8. The number of aliphatic hydroxyl groups excluding tert-OH is 10. The van der Waals surface area contributed by atoms with E-state index in [1.54, 1.807) is 0 Å². The SMILES string of the molecule is CC(C)=CCC[C@](C)(O)[C@H]1CC[C@]2(C)[C@@H]1[C@H](O)C[C@@H]1[C@@]3(C)CC[C@H](O[C@@H]4O[C@H](CO[C@@H]5OC[C@@H](O)[C@H](O)[C@H]5O[C@@H]5O[C@H](CO)[C@@H](O)[C@H](O)[C@H]5O)[C@@H](O)[C@H](O)[C@H]4O)C(C)(C)[C@@H]3CC[C@]12C. The summed E-state index contributed by atoms with van der Waals surface area (Å²) in [6, 6.07) is 0. The topological polar surface area (TPSA) is 278 Å². The third-order valence-electron chi connectivity index (χ3n) is 18.3. The molecular formula is C47H80O17. The highest BCUT2D eigenvalue weighted by Crippen LogP contribution is 2.76. The number of fused-ring (bicyclic) bond motifs is 5.